The molecule has 7 N–H and O–H groups in total. The monoisotopic (exact) mass is 279 g/mol. The van der Waals surface area contributed by atoms with Crippen LogP contribution in [0, 0.1) is 0 Å². The van der Waals surface area contributed by atoms with Crippen molar-refractivity contribution in [2.45, 2.75) is 0 Å². The third-order valence-electron chi connectivity index (χ3n) is 2.65. The molecule has 0 saturated carbocycles. The van der Waals surface area contributed by atoms with Crippen LogP contribution in [-0.2, 0) is 0 Å². The van der Waals surface area contributed by atoms with Crippen LogP contribution in [0.25, 0.3) is 10.9 Å². The molecule has 0 aliphatic rings. The first kappa shape index (κ1) is 13.1. The summed E-state index contributed by atoms with van der Waals surface area (Å²) < 4.78 is 0. The van der Waals surface area contributed by atoms with Crippen LogP contribution in [0.4, 0.5) is 5.69 Å². The molecule has 2 rings (SSSR count). The number of nitrogens with two attached hydrogens (primary N) is 3. The third kappa shape index (κ3) is 2.05. The van der Waals surface area contributed by atoms with Crippen LogP contribution in [0.5, 0.6) is 0 Å². The van der Waals surface area contributed by atoms with E-state index in [0.717, 1.165) is 0 Å². The molecule has 0 aliphatic heterocycles. The van der Waals surface area contributed by atoms with Gasteiger partial charge in [-0.15, -0.1) is 0 Å². The highest BCUT2D eigenvalue weighted by Gasteiger charge is 2.18. The average Bonchev–Trinajstić information content (AvgIpc) is 2.39. The number of nitrogens with zero attached hydrogens (tertiary/aromatic N) is 1. The summed E-state index contributed by atoms with van der Waals surface area (Å²) in [6.07, 6.45) is 1.23. The highest BCUT2D eigenvalue weighted by Crippen LogP contribution is 2.31. The van der Waals surface area contributed by atoms with E-state index in [2.05, 4.69) is 4.98 Å². The minimum Gasteiger partial charge on any atom is -0.397 e. The van der Waals surface area contributed by atoms with Crippen molar-refractivity contribution in [3.05, 3.63) is 34.5 Å². The van der Waals surface area contributed by atoms with Gasteiger partial charge in [-0.05, 0) is 12.1 Å². The van der Waals surface area contributed by atoms with Gasteiger partial charge in [-0.1, -0.05) is 11.6 Å². The van der Waals surface area contributed by atoms with Gasteiger partial charge in [0.1, 0.15) is 0 Å². The summed E-state index contributed by atoms with van der Waals surface area (Å²) in [6, 6.07) is 2.91. The number of hydrogen-bond acceptors (Lipinski definition) is 5. The first-order valence-electron chi connectivity index (χ1n) is 5.14. The molecule has 0 atom stereocenters. The fourth-order valence-electron chi connectivity index (χ4n) is 1.76. The molecule has 0 radical (unpaired) electrons. The van der Waals surface area contributed by atoms with Crippen LogP contribution in [0.3, 0.4) is 0 Å². The van der Waals surface area contributed by atoms with Gasteiger partial charge in [0.25, 0.3) is 5.91 Å². The van der Waals surface area contributed by atoms with E-state index in [0.29, 0.717) is 10.5 Å². The highest BCUT2D eigenvalue weighted by atomic mass is 35.5. The van der Waals surface area contributed by atoms with Crippen molar-refractivity contribution in [3.63, 3.8) is 0 Å². The second-order valence-electron chi connectivity index (χ2n) is 3.74. The number of rotatable bonds is 2. The SMILES string of the molecule is NNC(=O)c1cnc2c(Cl)ccc(C(N)=O)c2c1N. The van der Waals surface area contributed by atoms with E-state index >= 15 is 0 Å². The smallest absolute Gasteiger partial charge is 0.268 e. The molecule has 0 aliphatic carbocycles. The number of hydrazine groups is 1. The second-order valence-corrected chi connectivity index (χ2v) is 4.15. The lowest BCUT2D eigenvalue weighted by Gasteiger charge is -2.10. The van der Waals surface area contributed by atoms with Gasteiger partial charge in [0.2, 0.25) is 5.91 Å². The van der Waals surface area contributed by atoms with Gasteiger partial charge in [-0.3, -0.25) is 20.0 Å². The first-order chi connectivity index (χ1) is 8.97. The molecule has 0 fully saturated rings. The molecule has 0 saturated heterocycles. The van der Waals surface area contributed by atoms with Crippen LogP contribution in [0.2, 0.25) is 5.02 Å². The Bertz CT molecular complexity index is 701. The van der Waals surface area contributed by atoms with Crippen molar-refractivity contribution in [2.75, 3.05) is 5.73 Å². The fraction of sp³-hybridized carbons (Fsp3) is 0. The molecule has 0 bridgehead atoms. The molecule has 19 heavy (non-hydrogen) atoms. The molecule has 2 amide bonds. The standard InChI is InChI=1S/C11H10ClN5O2/c12-6-2-1-4(10(14)18)7-8(13)5(11(19)17-15)3-16-9(6)7/h1-3H,15H2,(H2,13,16)(H2,14,18)(H,17,19). The molecule has 1 aromatic carbocycles. The Kier molecular flexibility index (Phi) is 3.24. The Morgan fingerprint density at radius 3 is 2.53 bits per heavy atom. The van der Waals surface area contributed by atoms with Gasteiger partial charge in [0.15, 0.2) is 0 Å². The number of nitrogens with one attached hydrogen (secondary N) is 1. The van der Waals surface area contributed by atoms with Gasteiger partial charge >= 0.3 is 0 Å². The summed E-state index contributed by atoms with van der Waals surface area (Å²) in [4.78, 5) is 27.0. The molecule has 8 heteroatoms. The zero-order valence-corrected chi connectivity index (χ0v) is 10.4. The Hall–Kier alpha value is -2.38. The van der Waals surface area contributed by atoms with Gasteiger partial charge < -0.3 is 11.5 Å². The number of pyridine rings is 1. The Labute approximate surface area is 112 Å². The van der Waals surface area contributed by atoms with E-state index in [-0.39, 0.29) is 22.2 Å². The lowest BCUT2D eigenvalue weighted by molar-refractivity contribution is 0.0952. The molecule has 98 valence electrons. The van der Waals surface area contributed by atoms with E-state index in [1.165, 1.54) is 18.3 Å². The van der Waals surface area contributed by atoms with Crippen LogP contribution in [0.15, 0.2) is 18.3 Å². The Balaban J connectivity index is 2.90. The highest BCUT2D eigenvalue weighted by molar-refractivity contribution is 6.36. The zero-order chi connectivity index (χ0) is 14.2. The fourth-order valence-corrected chi connectivity index (χ4v) is 1.97. The summed E-state index contributed by atoms with van der Waals surface area (Å²) in [6.45, 7) is 0. The second kappa shape index (κ2) is 4.71. The summed E-state index contributed by atoms with van der Waals surface area (Å²) >= 11 is 5.98. The van der Waals surface area contributed by atoms with Crippen LogP contribution in [-0.4, -0.2) is 16.8 Å². The minimum absolute atomic E-state index is 0.0415. The van der Waals surface area contributed by atoms with Crippen molar-refractivity contribution < 1.29 is 9.59 Å². The van der Waals surface area contributed by atoms with E-state index in [1.54, 1.807) is 0 Å². The number of carbonyl (C=O) groups excluding carboxylic acids is 2. The maximum atomic E-state index is 11.5. The average molecular weight is 280 g/mol. The summed E-state index contributed by atoms with van der Waals surface area (Å²) in [5.74, 6) is 3.73. The summed E-state index contributed by atoms with van der Waals surface area (Å²) in [7, 11) is 0. The number of benzene rings is 1. The summed E-state index contributed by atoms with van der Waals surface area (Å²) in [5, 5.41) is 0.535. The lowest BCUT2D eigenvalue weighted by atomic mass is 10.0. The predicted molar refractivity (Wildman–Crippen MR) is 71.3 cm³/mol. The predicted octanol–water partition coefficient (Wildman–Crippen LogP) is 0.173. The van der Waals surface area contributed by atoms with Crippen molar-refractivity contribution in [1.82, 2.24) is 10.4 Å². The van der Waals surface area contributed by atoms with Crippen LogP contribution >= 0.6 is 11.6 Å². The van der Waals surface area contributed by atoms with Crippen LogP contribution < -0.4 is 22.7 Å². The first-order valence-corrected chi connectivity index (χ1v) is 5.52. The normalized spacial score (nSPS) is 10.4. The number of nitrogen functional groups attached to an aromatic ring is 2. The lowest BCUT2D eigenvalue weighted by Crippen LogP contribution is -2.31. The zero-order valence-electron chi connectivity index (χ0n) is 9.61. The maximum Gasteiger partial charge on any atom is 0.268 e. The number of hydrogen-bond donors (Lipinski definition) is 4. The van der Waals surface area contributed by atoms with Crippen molar-refractivity contribution in [2.24, 2.45) is 11.6 Å². The topological polar surface area (TPSA) is 137 Å². The minimum atomic E-state index is -0.694. The molecule has 1 aromatic heterocycles. The van der Waals surface area contributed by atoms with E-state index in [4.69, 9.17) is 28.9 Å². The number of aromatic nitrogens is 1. The molecule has 7 nitrogen and oxygen atoms in total. The van der Waals surface area contributed by atoms with Crippen molar-refractivity contribution in [3.8, 4) is 0 Å². The van der Waals surface area contributed by atoms with Crippen molar-refractivity contribution in [1.29, 1.82) is 0 Å². The number of amides is 2. The molecular formula is C11H10ClN5O2. The van der Waals surface area contributed by atoms with Crippen molar-refractivity contribution >= 4 is 40.0 Å². The van der Waals surface area contributed by atoms with Gasteiger partial charge in [0.05, 0.1) is 27.4 Å². The third-order valence-corrected chi connectivity index (χ3v) is 2.96. The van der Waals surface area contributed by atoms with E-state index < -0.39 is 11.8 Å². The number of anilines is 1. The molecule has 0 unspecified atom stereocenters. The van der Waals surface area contributed by atoms with Gasteiger partial charge in [0, 0.05) is 11.6 Å². The number of fused-ring (bicyclic) bond motifs is 1. The Morgan fingerprint density at radius 2 is 1.95 bits per heavy atom. The van der Waals surface area contributed by atoms with E-state index in [1.807, 2.05) is 5.43 Å². The number of carbonyl (C=O) groups is 2. The molecular weight excluding hydrogens is 270 g/mol. The van der Waals surface area contributed by atoms with E-state index in [9.17, 15) is 9.59 Å². The molecule has 2 aromatic rings. The molecule has 0 spiro atoms. The van der Waals surface area contributed by atoms with Gasteiger partial charge in [-0.25, -0.2) is 5.84 Å². The molecule has 1 heterocycles. The Morgan fingerprint density at radius 1 is 1.26 bits per heavy atom. The van der Waals surface area contributed by atoms with Crippen LogP contribution in [0.1, 0.15) is 20.7 Å². The van der Waals surface area contributed by atoms with Gasteiger partial charge in [-0.2, -0.15) is 0 Å². The largest absolute Gasteiger partial charge is 0.397 e. The quantitative estimate of drug-likeness (QED) is 0.353. The number of primary amides is 1. The summed E-state index contributed by atoms with van der Waals surface area (Å²) in [5.41, 5.74) is 13.6. The number of halogens is 1. The maximum absolute atomic E-state index is 11.5.